The summed E-state index contributed by atoms with van der Waals surface area (Å²) in [5.41, 5.74) is 1.84. The summed E-state index contributed by atoms with van der Waals surface area (Å²) in [5.74, 6) is 1.46. The molecule has 1 N–H and O–H groups in total. The summed E-state index contributed by atoms with van der Waals surface area (Å²) in [5, 5.41) is 0. The van der Waals surface area contributed by atoms with E-state index in [1.54, 1.807) is 12.1 Å². The third-order valence-electron chi connectivity index (χ3n) is 4.14. The van der Waals surface area contributed by atoms with E-state index in [4.69, 9.17) is 14.0 Å². The second-order valence-electron chi connectivity index (χ2n) is 5.98. The number of benzene rings is 2. The number of rotatable bonds is 7. The van der Waals surface area contributed by atoms with Crippen molar-refractivity contribution in [3.05, 3.63) is 78.8 Å². The Bertz CT molecular complexity index is 923. The van der Waals surface area contributed by atoms with Crippen LogP contribution in [-0.4, -0.2) is 29.2 Å². The average Bonchev–Trinajstić information content (AvgIpc) is 3.01. The smallest absolute Gasteiger partial charge is 0.520 e. The Balaban J connectivity index is 1.55. The van der Waals surface area contributed by atoms with Gasteiger partial charge in [0.15, 0.2) is 0 Å². The standard InChI is InChI=1S/C19H20BNO5S/c1-14-15(2)26-20(25-14)17-6-4-16(5-7-17)12-13-21-27(22,23)19-10-8-18(24-3)9-11-19/h4-11,21H,1-2,12-13H2,3H3. The molecule has 1 saturated heterocycles. The molecule has 0 amide bonds. The topological polar surface area (TPSA) is 73.9 Å². The van der Waals surface area contributed by atoms with Crippen molar-refractivity contribution in [1.82, 2.24) is 4.72 Å². The van der Waals surface area contributed by atoms with Crippen LogP contribution in [0.25, 0.3) is 0 Å². The summed E-state index contributed by atoms with van der Waals surface area (Å²) in [4.78, 5) is 0.203. The Labute approximate surface area is 159 Å². The first-order valence-corrected chi connectivity index (χ1v) is 9.81. The van der Waals surface area contributed by atoms with E-state index in [2.05, 4.69) is 17.9 Å². The lowest BCUT2D eigenvalue weighted by atomic mass is 9.79. The summed E-state index contributed by atoms with van der Waals surface area (Å²) in [6, 6.07) is 13.8. The fourth-order valence-electron chi connectivity index (χ4n) is 2.56. The summed E-state index contributed by atoms with van der Waals surface area (Å²) < 4.78 is 43.2. The fraction of sp³-hybridized carbons (Fsp3) is 0.158. The van der Waals surface area contributed by atoms with Crippen LogP contribution in [0.4, 0.5) is 0 Å². The van der Waals surface area contributed by atoms with E-state index < -0.39 is 17.1 Å². The van der Waals surface area contributed by atoms with Crippen LogP contribution in [-0.2, 0) is 25.8 Å². The maximum absolute atomic E-state index is 12.3. The molecule has 2 aromatic carbocycles. The Kier molecular flexibility index (Phi) is 5.58. The highest BCUT2D eigenvalue weighted by Crippen LogP contribution is 2.20. The third kappa shape index (κ3) is 4.53. The van der Waals surface area contributed by atoms with E-state index in [-0.39, 0.29) is 11.4 Å². The van der Waals surface area contributed by atoms with Crippen molar-refractivity contribution >= 4 is 22.6 Å². The zero-order chi connectivity index (χ0) is 19.4. The summed E-state index contributed by atoms with van der Waals surface area (Å²) in [6.45, 7) is 7.70. The van der Waals surface area contributed by atoms with Crippen molar-refractivity contribution in [2.45, 2.75) is 11.3 Å². The van der Waals surface area contributed by atoms with Gasteiger partial charge in [0.1, 0.15) is 17.3 Å². The summed E-state index contributed by atoms with van der Waals surface area (Å²) >= 11 is 0. The maximum Gasteiger partial charge on any atom is 0.632 e. The number of hydrogen-bond acceptors (Lipinski definition) is 5. The highest BCUT2D eigenvalue weighted by atomic mass is 32.2. The van der Waals surface area contributed by atoms with Gasteiger partial charge in [-0.15, -0.1) is 0 Å². The van der Waals surface area contributed by atoms with Gasteiger partial charge in [-0.2, -0.15) is 0 Å². The minimum atomic E-state index is -3.55. The highest BCUT2D eigenvalue weighted by Gasteiger charge is 2.34. The van der Waals surface area contributed by atoms with Gasteiger partial charge in [-0.3, -0.25) is 0 Å². The van der Waals surface area contributed by atoms with Crippen LogP contribution >= 0.6 is 0 Å². The van der Waals surface area contributed by atoms with Gasteiger partial charge in [0.25, 0.3) is 0 Å². The average molecular weight is 385 g/mol. The second-order valence-corrected chi connectivity index (χ2v) is 7.75. The van der Waals surface area contributed by atoms with Crippen LogP contribution < -0.4 is 14.9 Å². The largest absolute Gasteiger partial charge is 0.632 e. The highest BCUT2D eigenvalue weighted by molar-refractivity contribution is 7.89. The molecule has 1 heterocycles. The van der Waals surface area contributed by atoms with Crippen molar-refractivity contribution in [2.75, 3.05) is 13.7 Å². The van der Waals surface area contributed by atoms with Crippen LogP contribution in [0.1, 0.15) is 5.56 Å². The molecule has 27 heavy (non-hydrogen) atoms. The van der Waals surface area contributed by atoms with Crippen LogP contribution in [0.3, 0.4) is 0 Å². The van der Waals surface area contributed by atoms with E-state index in [0.717, 1.165) is 11.0 Å². The molecule has 0 bridgehead atoms. The molecule has 6 nitrogen and oxygen atoms in total. The minimum Gasteiger partial charge on any atom is -0.520 e. The summed E-state index contributed by atoms with van der Waals surface area (Å²) in [7, 11) is -2.56. The number of methoxy groups -OCH3 is 1. The minimum absolute atomic E-state index is 0.203. The number of ether oxygens (including phenoxy) is 1. The molecular weight excluding hydrogens is 365 g/mol. The molecule has 0 aromatic heterocycles. The molecule has 1 aliphatic rings. The van der Waals surface area contributed by atoms with Gasteiger partial charge >= 0.3 is 7.12 Å². The SMILES string of the molecule is C=C1OB(c2ccc(CCNS(=O)(=O)c3ccc(OC)cc3)cc2)OC1=C. The Morgan fingerprint density at radius 1 is 1.00 bits per heavy atom. The van der Waals surface area contributed by atoms with E-state index in [9.17, 15) is 8.42 Å². The van der Waals surface area contributed by atoms with Crippen LogP contribution in [0.2, 0.25) is 0 Å². The molecule has 140 valence electrons. The molecule has 8 heteroatoms. The van der Waals surface area contributed by atoms with Crippen molar-refractivity contribution in [3.63, 3.8) is 0 Å². The molecule has 0 unspecified atom stereocenters. The lowest BCUT2D eigenvalue weighted by molar-refractivity contribution is 0.414. The van der Waals surface area contributed by atoms with E-state index in [1.165, 1.54) is 19.2 Å². The molecule has 2 aromatic rings. The first-order valence-electron chi connectivity index (χ1n) is 8.33. The molecule has 3 rings (SSSR count). The molecule has 0 saturated carbocycles. The van der Waals surface area contributed by atoms with Crippen LogP contribution in [0.15, 0.2) is 78.1 Å². The Hall–Kier alpha value is -2.71. The van der Waals surface area contributed by atoms with E-state index in [0.29, 0.717) is 23.7 Å². The van der Waals surface area contributed by atoms with Crippen LogP contribution in [0, 0.1) is 0 Å². The second kappa shape index (κ2) is 7.90. The zero-order valence-electron chi connectivity index (χ0n) is 15.0. The lowest BCUT2D eigenvalue weighted by Crippen LogP contribution is -2.31. The Morgan fingerprint density at radius 3 is 2.15 bits per heavy atom. The van der Waals surface area contributed by atoms with Gasteiger partial charge in [-0.25, -0.2) is 13.1 Å². The molecule has 0 radical (unpaired) electrons. The Morgan fingerprint density at radius 2 is 1.59 bits per heavy atom. The monoisotopic (exact) mass is 385 g/mol. The lowest BCUT2D eigenvalue weighted by Gasteiger charge is -2.08. The van der Waals surface area contributed by atoms with E-state index >= 15 is 0 Å². The molecule has 1 fully saturated rings. The normalized spacial score (nSPS) is 14.0. The number of hydrogen-bond donors (Lipinski definition) is 1. The molecular formula is C19H20BNO5S. The zero-order valence-corrected chi connectivity index (χ0v) is 15.8. The quantitative estimate of drug-likeness (QED) is 0.738. The van der Waals surface area contributed by atoms with Crippen molar-refractivity contribution in [2.24, 2.45) is 0 Å². The predicted molar refractivity (Wildman–Crippen MR) is 104 cm³/mol. The van der Waals surface area contributed by atoms with Crippen molar-refractivity contribution in [3.8, 4) is 5.75 Å². The van der Waals surface area contributed by atoms with Gasteiger partial charge in [0, 0.05) is 12.0 Å². The van der Waals surface area contributed by atoms with Crippen molar-refractivity contribution in [1.29, 1.82) is 0 Å². The van der Waals surface area contributed by atoms with E-state index in [1.807, 2.05) is 24.3 Å². The predicted octanol–water partition coefficient (Wildman–Crippen LogP) is 1.99. The molecule has 1 aliphatic heterocycles. The molecule has 0 aliphatic carbocycles. The van der Waals surface area contributed by atoms with Gasteiger partial charge in [-0.05, 0) is 36.2 Å². The first-order chi connectivity index (χ1) is 12.9. The number of nitrogens with one attached hydrogen (secondary N) is 1. The maximum atomic E-state index is 12.3. The number of sulfonamides is 1. The molecule has 0 spiro atoms. The third-order valence-corrected chi connectivity index (χ3v) is 5.61. The van der Waals surface area contributed by atoms with Crippen LogP contribution in [0.5, 0.6) is 5.75 Å². The van der Waals surface area contributed by atoms with Gasteiger partial charge in [0.2, 0.25) is 10.0 Å². The van der Waals surface area contributed by atoms with Gasteiger partial charge in [-0.1, -0.05) is 37.4 Å². The summed E-state index contributed by atoms with van der Waals surface area (Å²) in [6.07, 6.45) is 0.557. The fourth-order valence-corrected chi connectivity index (χ4v) is 3.59. The molecule has 0 atom stereocenters. The van der Waals surface area contributed by atoms with Gasteiger partial charge < -0.3 is 14.0 Å². The van der Waals surface area contributed by atoms with Gasteiger partial charge in [0.05, 0.1) is 12.0 Å². The first kappa shape index (κ1) is 19.1. The van der Waals surface area contributed by atoms with Crippen molar-refractivity contribution < 1.29 is 22.5 Å².